The van der Waals surface area contributed by atoms with E-state index in [0.717, 1.165) is 0 Å². The lowest BCUT2D eigenvalue weighted by molar-refractivity contribution is 0.473. The largest absolute Gasteiger partial charge is 0.425 e. The van der Waals surface area contributed by atoms with Crippen LogP contribution in [-0.2, 0) is 18.3 Å². The molecule has 0 bridgehead atoms. The smallest absolute Gasteiger partial charge is 0.383 e. The van der Waals surface area contributed by atoms with Crippen LogP contribution in [-0.4, -0.2) is 0 Å². The van der Waals surface area contributed by atoms with E-state index in [2.05, 4.69) is 0 Å². The summed E-state index contributed by atoms with van der Waals surface area (Å²) in [4.78, 5) is 0. The quantitative estimate of drug-likeness (QED) is 0.149. The van der Waals surface area contributed by atoms with Crippen LogP contribution in [0.5, 0.6) is 23.0 Å². The van der Waals surface area contributed by atoms with Crippen molar-refractivity contribution in [1.82, 2.24) is 0 Å². The van der Waals surface area contributed by atoms with Crippen LogP contribution in [0.4, 0.5) is 11.4 Å². The fourth-order valence-electron chi connectivity index (χ4n) is 9.99. The lowest BCUT2D eigenvalue weighted by Crippen LogP contribution is -2.37. The van der Waals surface area contributed by atoms with Gasteiger partial charge in [0.25, 0.3) is 0 Å². The van der Waals surface area contributed by atoms with Crippen LogP contribution in [0.1, 0.15) is 5.56 Å². The predicted octanol–water partition coefficient (Wildman–Crippen LogP) is 13.9. The normalized spacial score (nSPS) is 21.8. The van der Waals surface area contributed by atoms with Gasteiger partial charge in [0.2, 0.25) is 0 Å². The third-order valence-corrected chi connectivity index (χ3v) is 24.6. The average molecular weight is 979 g/mol. The van der Waals surface area contributed by atoms with Gasteiger partial charge in [0, 0.05) is 44.5 Å². The van der Waals surface area contributed by atoms with E-state index in [-0.39, 0.29) is 11.4 Å². The Kier molecular flexibility index (Phi) is 9.31. The molecule has 69 heavy (non-hydrogen) atoms. The second-order valence-corrected chi connectivity index (χ2v) is 26.1. The van der Waals surface area contributed by atoms with E-state index in [4.69, 9.17) is 18.1 Å². The highest BCUT2D eigenvalue weighted by atomic mass is 31.2. The third kappa shape index (κ3) is 6.07. The van der Waals surface area contributed by atoms with Crippen LogP contribution in [0, 0.1) is 6.92 Å². The Hall–Kier alpha value is -7.30. The summed E-state index contributed by atoms with van der Waals surface area (Å²) in [6, 6.07) is 63.2. The number of nitrogens with zero attached hydrogens (tertiary/aromatic N) is 2. The number of anilines is 2. The monoisotopic (exact) mass is 978 g/mol. The van der Waals surface area contributed by atoms with E-state index in [9.17, 15) is 0 Å². The maximum atomic E-state index is 17.0. The molecule has 4 aliphatic heterocycles. The van der Waals surface area contributed by atoms with E-state index in [1.54, 1.807) is 122 Å². The molecule has 0 fully saturated rings. The summed E-state index contributed by atoms with van der Waals surface area (Å²) in [5.41, 5.74) is 6.11. The molecule has 4 unspecified atom stereocenters. The van der Waals surface area contributed by atoms with Gasteiger partial charge in [0.1, 0.15) is 23.0 Å². The molecular formula is C55H38N2O8P4. The van der Waals surface area contributed by atoms with Crippen molar-refractivity contribution in [2.45, 2.75) is 6.92 Å². The van der Waals surface area contributed by atoms with E-state index < -0.39 is 30.1 Å². The summed E-state index contributed by atoms with van der Waals surface area (Å²) >= 11 is 0. The summed E-state index contributed by atoms with van der Waals surface area (Å²) < 4.78 is 97.7. The zero-order chi connectivity index (χ0) is 46.7. The number of aryl methyl sites for hydroxylation is 1. The van der Waals surface area contributed by atoms with Crippen LogP contribution in [0.3, 0.4) is 0 Å². The van der Waals surface area contributed by atoms with Crippen molar-refractivity contribution in [3.05, 3.63) is 218 Å². The zero-order valence-electron chi connectivity index (χ0n) is 36.7. The minimum atomic E-state index is -4.61. The minimum absolute atomic E-state index is 0.102. The molecule has 0 radical (unpaired) electrons. The van der Waals surface area contributed by atoms with Crippen LogP contribution >= 0.6 is 30.1 Å². The topological polar surface area (TPSA) is 112 Å². The van der Waals surface area contributed by atoms with E-state index >= 15 is 18.3 Å². The molecule has 14 heteroatoms. The minimum Gasteiger partial charge on any atom is -0.425 e. The first kappa shape index (κ1) is 41.9. The first-order valence-electron chi connectivity index (χ1n) is 22.3. The molecule has 336 valence electrons. The summed E-state index contributed by atoms with van der Waals surface area (Å²) in [5.74, 6) is 1.29. The van der Waals surface area contributed by atoms with Crippen molar-refractivity contribution in [1.29, 1.82) is 0 Å². The highest BCUT2D eigenvalue weighted by Crippen LogP contribution is 2.75. The average Bonchev–Trinajstić information content (AvgIpc) is 3.38. The molecule has 0 saturated carbocycles. The van der Waals surface area contributed by atoms with Gasteiger partial charge in [-0.2, -0.15) is 0 Å². The van der Waals surface area contributed by atoms with Crippen molar-refractivity contribution in [3.63, 3.8) is 0 Å². The third-order valence-electron chi connectivity index (χ3n) is 13.1. The molecule has 13 rings (SSSR count). The molecule has 0 saturated heterocycles. The maximum absolute atomic E-state index is 17.0. The number of rotatable bonds is 6. The summed E-state index contributed by atoms with van der Waals surface area (Å²) in [5, 5.41) is 1.17. The summed E-state index contributed by atoms with van der Waals surface area (Å²) in [6.45, 7) is 1.80. The van der Waals surface area contributed by atoms with Gasteiger partial charge in [-0.05, 0) is 73.2 Å². The number of hydrogen-bond acceptors (Lipinski definition) is 8. The highest BCUT2D eigenvalue weighted by Gasteiger charge is 2.58. The van der Waals surface area contributed by atoms with Crippen molar-refractivity contribution >= 4 is 62.7 Å². The van der Waals surface area contributed by atoms with Crippen LogP contribution < -0.4 is 48.2 Å². The van der Waals surface area contributed by atoms with Crippen molar-refractivity contribution in [3.8, 4) is 67.5 Å². The first-order chi connectivity index (χ1) is 33.6. The van der Waals surface area contributed by atoms with Crippen LogP contribution in [0.2, 0.25) is 0 Å². The number of fused-ring (bicyclic) bond motifs is 12. The molecule has 0 amide bonds. The molecule has 4 atom stereocenters. The molecule has 10 nitrogen and oxygen atoms in total. The van der Waals surface area contributed by atoms with E-state index in [1.165, 1.54) is 8.88 Å². The maximum Gasteiger partial charge on any atom is 0.383 e. The standard InChI is InChI=1S/C55H38N2O8P4/c1-37-34-35-38(56(66(58)52-30-14-6-22-43(52)39-18-2-10-26-48(39)62-66)67(59)53-31-15-7-23-44(53)40-19-3-11-27-49(40)63-67)36-47(37)57(68(60)54-32-16-8-24-45(54)41-20-4-12-28-50(41)64-68)69(61)55-33-17-9-25-46(55)42-21-5-13-29-51(42)65-69/h2-36H,1H3. The van der Waals surface area contributed by atoms with Crippen molar-refractivity contribution in [2.75, 3.05) is 8.88 Å². The number of para-hydroxylation sites is 4. The Morgan fingerprint density at radius 2 is 0.565 bits per heavy atom. The zero-order valence-corrected chi connectivity index (χ0v) is 40.2. The van der Waals surface area contributed by atoms with E-state index in [0.29, 0.717) is 94.3 Å². The van der Waals surface area contributed by atoms with Crippen LogP contribution in [0.15, 0.2) is 212 Å². The summed E-state index contributed by atoms with van der Waals surface area (Å²) in [7, 11) is -18.4. The predicted molar refractivity (Wildman–Crippen MR) is 275 cm³/mol. The fraction of sp³-hybridized carbons (Fsp3) is 0.0182. The van der Waals surface area contributed by atoms with Crippen molar-refractivity contribution in [2.24, 2.45) is 0 Å². The van der Waals surface area contributed by atoms with Gasteiger partial charge in [0.15, 0.2) is 0 Å². The fourth-order valence-corrected chi connectivity index (χ4v) is 22.2. The number of benzene rings is 9. The Bertz CT molecular complexity index is 3640. The van der Waals surface area contributed by atoms with Gasteiger partial charge in [-0.3, -0.25) is 0 Å². The van der Waals surface area contributed by atoms with Gasteiger partial charge >= 0.3 is 30.1 Å². The van der Waals surface area contributed by atoms with Gasteiger partial charge in [0.05, 0.1) is 32.6 Å². The lowest BCUT2D eigenvalue weighted by Gasteiger charge is -2.44. The Balaban J connectivity index is 1.12. The SMILES string of the molecule is Cc1ccc(N(P2(=O)Oc3ccccc3-c3ccccc32)P2(=O)Oc3ccccc3-c3ccccc32)cc1N(P1(=O)Oc2ccccc2-c2ccccc21)P1(=O)Oc2ccccc2-c2ccccc21. The second-order valence-electron chi connectivity index (χ2n) is 17.0. The molecule has 0 spiro atoms. The molecule has 4 aliphatic rings. The van der Waals surface area contributed by atoms with Gasteiger partial charge in [-0.25, -0.2) is 27.1 Å². The number of hydrogen-bond donors (Lipinski definition) is 0. The van der Waals surface area contributed by atoms with E-state index in [1.807, 2.05) is 97.1 Å². The summed E-state index contributed by atoms with van der Waals surface area (Å²) in [6.07, 6.45) is 0. The first-order valence-corrected chi connectivity index (χ1v) is 28.6. The Morgan fingerprint density at radius 3 is 0.884 bits per heavy atom. The Morgan fingerprint density at radius 1 is 0.304 bits per heavy atom. The molecule has 0 aromatic heterocycles. The molecule has 0 aliphatic carbocycles. The molecule has 4 heterocycles. The van der Waals surface area contributed by atoms with Gasteiger partial charge in [-0.15, -0.1) is 0 Å². The molecular weight excluding hydrogens is 941 g/mol. The molecule has 9 aromatic rings. The van der Waals surface area contributed by atoms with Crippen molar-refractivity contribution < 1.29 is 36.4 Å². The van der Waals surface area contributed by atoms with Crippen LogP contribution in [0.25, 0.3) is 44.5 Å². The molecule has 9 aromatic carbocycles. The Labute approximate surface area is 398 Å². The van der Waals surface area contributed by atoms with Gasteiger partial charge < -0.3 is 18.1 Å². The lowest BCUT2D eigenvalue weighted by atomic mass is 10.0. The highest BCUT2D eigenvalue weighted by molar-refractivity contribution is 7.87. The second kappa shape index (κ2) is 15.4. The molecule has 0 N–H and O–H groups in total. The van der Waals surface area contributed by atoms with Gasteiger partial charge in [-0.1, -0.05) is 152 Å².